The van der Waals surface area contributed by atoms with Crippen LogP contribution in [0.5, 0.6) is 0 Å². The van der Waals surface area contributed by atoms with Crippen LogP contribution in [0.3, 0.4) is 0 Å². The Hall–Kier alpha value is -2.58. The van der Waals surface area contributed by atoms with Gasteiger partial charge in [0.2, 0.25) is 5.91 Å². The summed E-state index contributed by atoms with van der Waals surface area (Å²) in [7, 11) is 0. The van der Waals surface area contributed by atoms with Crippen LogP contribution in [0.1, 0.15) is 25.3 Å². The van der Waals surface area contributed by atoms with Crippen molar-refractivity contribution in [1.29, 1.82) is 0 Å². The van der Waals surface area contributed by atoms with E-state index in [1.54, 1.807) is 12.5 Å². The SMILES string of the molecule is CC(C)c1ccc(-n2cnnc2SCC(=O)N2CCN(c3ccc(Cl)cn3)CC2)cc1. The smallest absolute Gasteiger partial charge is 0.233 e. The molecule has 0 radical (unpaired) electrons. The van der Waals surface area contributed by atoms with E-state index >= 15 is 0 Å². The standard InChI is InChI=1S/C22H25ClN6OS/c1-16(2)17-3-6-19(7-4-17)29-15-25-26-22(29)31-14-21(30)28-11-9-27(10-12-28)20-8-5-18(23)13-24-20/h3-8,13,15-16H,9-12,14H2,1-2H3. The monoisotopic (exact) mass is 456 g/mol. The number of rotatable bonds is 6. The number of pyridine rings is 1. The van der Waals surface area contributed by atoms with Crippen molar-refractivity contribution in [3.8, 4) is 5.69 Å². The number of nitrogens with zero attached hydrogens (tertiary/aromatic N) is 6. The zero-order chi connectivity index (χ0) is 21.8. The third-order valence-corrected chi connectivity index (χ3v) is 6.50. The summed E-state index contributed by atoms with van der Waals surface area (Å²) in [5, 5.41) is 9.59. The lowest BCUT2D eigenvalue weighted by Gasteiger charge is -2.35. The highest BCUT2D eigenvalue weighted by molar-refractivity contribution is 7.99. The Balaban J connectivity index is 1.32. The van der Waals surface area contributed by atoms with Crippen LogP contribution in [0.25, 0.3) is 5.69 Å². The number of benzene rings is 1. The molecule has 0 N–H and O–H groups in total. The van der Waals surface area contributed by atoms with Gasteiger partial charge in [-0.1, -0.05) is 49.3 Å². The molecule has 1 saturated heterocycles. The largest absolute Gasteiger partial charge is 0.353 e. The number of halogens is 1. The van der Waals surface area contributed by atoms with Crippen LogP contribution in [-0.4, -0.2) is 62.5 Å². The first-order valence-corrected chi connectivity index (χ1v) is 11.6. The van der Waals surface area contributed by atoms with Gasteiger partial charge in [-0.3, -0.25) is 9.36 Å². The summed E-state index contributed by atoms with van der Waals surface area (Å²) in [6.07, 6.45) is 3.34. The van der Waals surface area contributed by atoms with Gasteiger partial charge in [0.25, 0.3) is 0 Å². The van der Waals surface area contributed by atoms with Crippen LogP contribution in [0, 0.1) is 0 Å². The third kappa shape index (κ3) is 5.19. The topological polar surface area (TPSA) is 67.2 Å². The van der Waals surface area contributed by atoms with E-state index in [2.05, 4.69) is 58.2 Å². The van der Waals surface area contributed by atoms with Gasteiger partial charge in [-0.2, -0.15) is 0 Å². The summed E-state index contributed by atoms with van der Waals surface area (Å²) in [4.78, 5) is 21.2. The number of aromatic nitrogens is 4. The number of amides is 1. The minimum atomic E-state index is 0.110. The number of piperazine rings is 1. The summed E-state index contributed by atoms with van der Waals surface area (Å²) < 4.78 is 1.92. The van der Waals surface area contributed by atoms with Gasteiger partial charge in [0.05, 0.1) is 10.8 Å². The van der Waals surface area contributed by atoms with E-state index in [9.17, 15) is 4.79 Å². The van der Waals surface area contributed by atoms with Gasteiger partial charge in [-0.05, 0) is 35.7 Å². The Labute approximate surface area is 191 Å². The molecule has 1 amide bonds. The molecule has 1 aromatic carbocycles. The summed E-state index contributed by atoms with van der Waals surface area (Å²) in [6.45, 7) is 7.20. The lowest BCUT2D eigenvalue weighted by atomic mass is 10.0. The molecular weight excluding hydrogens is 432 g/mol. The molecule has 3 heterocycles. The highest BCUT2D eigenvalue weighted by Gasteiger charge is 2.22. The predicted molar refractivity (Wildman–Crippen MR) is 124 cm³/mol. The van der Waals surface area contributed by atoms with Crippen molar-refractivity contribution in [3.63, 3.8) is 0 Å². The fraction of sp³-hybridized carbons (Fsp3) is 0.364. The molecule has 2 aromatic heterocycles. The van der Waals surface area contributed by atoms with Gasteiger partial charge < -0.3 is 9.80 Å². The Bertz CT molecular complexity index is 1010. The molecule has 1 aliphatic heterocycles. The maximum atomic E-state index is 12.7. The zero-order valence-corrected chi connectivity index (χ0v) is 19.2. The van der Waals surface area contributed by atoms with Crippen molar-refractivity contribution in [2.75, 3.05) is 36.8 Å². The van der Waals surface area contributed by atoms with Gasteiger partial charge in [0.15, 0.2) is 5.16 Å². The molecular formula is C22H25ClN6OS. The number of hydrogen-bond acceptors (Lipinski definition) is 6. The number of carbonyl (C=O) groups is 1. The van der Waals surface area contributed by atoms with Crippen molar-refractivity contribution in [2.45, 2.75) is 24.9 Å². The van der Waals surface area contributed by atoms with Crippen LogP contribution in [0.15, 0.2) is 54.1 Å². The van der Waals surface area contributed by atoms with Gasteiger partial charge in [0, 0.05) is 38.1 Å². The summed E-state index contributed by atoms with van der Waals surface area (Å²) in [5.74, 6) is 1.82. The first-order valence-electron chi connectivity index (χ1n) is 10.3. The molecule has 1 aliphatic rings. The van der Waals surface area contributed by atoms with E-state index < -0.39 is 0 Å². The molecule has 0 spiro atoms. The van der Waals surface area contributed by atoms with E-state index in [4.69, 9.17) is 11.6 Å². The Morgan fingerprint density at radius 1 is 1.10 bits per heavy atom. The molecule has 1 fully saturated rings. The second-order valence-corrected chi connectivity index (χ2v) is 9.10. The van der Waals surface area contributed by atoms with Crippen LogP contribution >= 0.6 is 23.4 Å². The van der Waals surface area contributed by atoms with Gasteiger partial charge in [-0.25, -0.2) is 4.98 Å². The van der Waals surface area contributed by atoms with Crippen LogP contribution in [0.2, 0.25) is 5.02 Å². The molecule has 0 saturated carbocycles. The zero-order valence-electron chi connectivity index (χ0n) is 17.6. The number of anilines is 1. The fourth-order valence-electron chi connectivity index (χ4n) is 3.48. The van der Waals surface area contributed by atoms with Crippen LogP contribution < -0.4 is 4.90 Å². The quantitative estimate of drug-likeness (QED) is 0.524. The normalized spacial score (nSPS) is 14.3. The average molecular weight is 457 g/mol. The first-order chi connectivity index (χ1) is 15.0. The summed E-state index contributed by atoms with van der Waals surface area (Å²) in [6, 6.07) is 12.1. The van der Waals surface area contributed by atoms with E-state index in [0.29, 0.717) is 29.8 Å². The van der Waals surface area contributed by atoms with Crippen molar-refractivity contribution < 1.29 is 4.79 Å². The van der Waals surface area contributed by atoms with E-state index in [1.165, 1.54) is 17.3 Å². The molecule has 4 rings (SSSR count). The van der Waals surface area contributed by atoms with Crippen LogP contribution in [0.4, 0.5) is 5.82 Å². The molecule has 9 heteroatoms. The number of carbonyl (C=O) groups excluding carboxylic acids is 1. The minimum Gasteiger partial charge on any atom is -0.353 e. The first kappa shape index (κ1) is 21.6. The highest BCUT2D eigenvalue weighted by Crippen LogP contribution is 2.23. The summed E-state index contributed by atoms with van der Waals surface area (Å²) >= 11 is 7.33. The van der Waals surface area contributed by atoms with Crippen molar-refractivity contribution in [3.05, 3.63) is 59.5 Å². The van der Waals surface area contributed by atoms with E-state index in [1.807, 2.05) is 21.6 Å². The molecule has 0 aliphatic carbocycles. The third-order valence-electron chi connectivity index (χ3n) is 5.35. The highest BCUT2D eigenvalue weighted by atomic mass is 35.5. The van der Waals surface area contributed by atoms with Crippen molar-refractivity contribution >= 4 is 35.1 Å². The van der Waals surface area contributed by atoms with E-state index in [0.717, 1.165) is 29.8 Å². The van der Waals surface area contributed by atoms with Crippen molar-refractivity contribution in [1.82, 2.24) is 24.6 Å². The molecule has 0 unspecified atom stereocenters. The lowest BCUT2D eigenvalue weighted by Crippen LogP contribution is -2.49. The number of thioether (sulfide) groups is 1. The lowest BCUT2D eigenvalue weighted by molar-refractivity contribution is -0.128. The van der Waals surface area contributed by atoms with Gasteiger partial charge in [-0.15, -0.1) is 10.2 Å². The van der Waals surface area contributed by atoms with Crippen LogP contribution in [-0.2, 0) is 4.79 Å². The molecule has 0 bridgehead atoms. The molecule has 162 valence electrons. The van der Waals surface area contributed by atoms with Gasteiger partial charge >= 0.3 is 0 Å². The van der Waals surface area contributed by atoms with Gasteiger partial charge in [0.1, 0.15) is 12.1 Å². The minimum absolute atomic E-state index is 0.110. The average Bonchev–Trinajstić information content (AvgIpc) is 3.27. The number of hydrogen-bond donors (Lipinski definition) is 0. The predicted octanol–water partition coefficient (Wildman–Crippen LogP) is 3.88. The maximum Gasteiger partial charge on any atom is 0.233 e. The molecule has 3 aromatic rings. The second-order valence-electron chi connectivity index (χ2n) is 7.72. The van der Waals surface area contributed by atoms with E-state index in [-0.39, 0.29) is 5.91 Å². The Morgan fingerprint density at radius 2 is 1.84 bits per heavy atom. The molecule has 7 nitrogen and oxygen atoms in total. The maximum absolute atomic E-state index is 12.7. The second kappa shape index (κ2) is 9.70. The summed E-state index contributed by atoms with van der Waals surface area (Å²) in [5.41, 5.74) is 2.28. The fourth-order valence-corrected chi connectivity index (χ4v) is 4.42. The Morgan fingerprint density at radius 3 is 2.48 bits per heavy atom. The molecule has 0 atom stereocenters. The van der Waals surface area contributed by atoms with Crippen molar-refractivity contribution in [2.24, 2.45) is 0 Å². The molecule has 31 heavy (non-hydrogen) atoms. The Kier molecular flexibility index (Phi) is 6.77.